The molecule has 0 aliphatic heterocycles. The minimum atomic E-state index is -0.388. The molecule has 0 unspecified atom stereocenters. The minimum absolute atomic E-state index is 0.231. The summed E-state index contributed by atoms with van der Waals surface area (Å²) in [6.07, 6.45) is 0. The molecule has 1 heterocycles. The quantitative estimate of drug-likeness (QED) is 0.509. The van der Waals surface area contributed by atoms with Crippen molar-refractivity contribution in [3.8, 4) is 0 Å². The van der Waals surface area contributed by atoms with Gasteiger partial charge in [0, 0.05) is 22.0 Å². The monoisotopic (exact) mass is 426 g/mol. The van der Waals surface area contributed by atoms with Gasteiger partial charge in [-0.3, -0.25) is 9.59 Å². The van der Waals surface area contributed by atoms with Gasteiger partial charge in [0.05, 0.1) is 21.4 Å². The fraction of sp³-hybridized carbons (Fsp3) is 0.111. The summed E-state index contributed by atoms with van der Waals surface area (Å²) < 4.78 is 0.726. The predicted octanol–water partition coefficient (Wildman–Crippen LogP) is 6.38. The van der Waals surface area contributed by atoms with Crippen molar-refractivity contribution in [3.63, 3.8) is 0 Å². The first kappa shape index (κ1) is 19.0. The molecule has 0 atom stereocenters. The van der Waals surface area contributed by atoms with Gasteiger partial charge in [0.2, 0.25) is 5.91 Å². The second kappa shape index (κ2) is 7.45. The standard InChI is InChI=1S/C18H13Cl3N2O2S/c1-8-3-4-12(22-9(2)24)13(5-8)23-18(25)17-16(21)15-11(20)6-10(19)7-14(15)26-17/h3-7H,1-2H3,(H,22,24)(H,23,25). The highest BCUT2D eigenvalue weighted by atomic mass is 35.5. The summed E-state index contributed by atoms with van der Waals surface area (Å²) in [7, 11) is 0. The van der Waals surface area contributed by atoms with Crippen LogP contribution >= 0.6 is 46.1 Å². The summed E-state index contributed by atoms with van der Waals surface area (Å²) in [5, 5.41) is 7.23. The van der Waals surface area contributed by atoms with Crippen molar-refractivity contribution in [2.75, 3.05) is 10.6 Å². The summed E-state index contributed by atoms with van der Waals surface area (Å²) in [4.78, 5) is 24.5. The van der Waals surface area contributed by atoms with Crippen molar-refractivity contribution < 1.29 is 9.59 Å². The first-order chi connectivity index (χ1) is 12.3. The highest BCUT2D eigenvalue weighted by Crippen LogP contribution is 2.41. The van der Waals surface area contributed by atoms with Crippen LogP contribution in [0.4, 0.5) is 11.4 Å². The Labute approximate surface area is 169 Å². The number of thiophene rings is 1. The maximum Gasteiger partial charge on any atom is 0.267 e. The van der Waals surface area contributed by atoms with Crippen molar-refractivity contribution in [3.05, 3.63) is 55.8 Å². The average molecular weight is 428 g/mol. The van der Waals surface area contributed by atoms with Crippen LogP contribution in [0.2, 0.25) is 15.1 Å². The van der Waals surface area contributed by atoms with Crippen LogP contribution in [0.5, 0.6) is 0 Å². The zero-order valence-corrected chi connectivity index (χ0v) is 16.8. The number of rotatable bonds is 3. The smallest absolute Gasteiger partial charge is 0.267 e. The highest BCUT2D eigenvalue weighted by Gasteiger charge is 2.20. The van der Waals surface area contributed by atoms with E-state index in [0.717, 1.165) is 10.3 Å². The number of carbonyl (C=O) groups is 2. The lowest BCUT2D eigenvalue weighted by molar-refractivity contribution is -0.114. The fourth-order valence-corrected chi connectivity index (χ4v) is 4.77. The molecule has 3 aromatic rings. The van der Waals surface area contributed by atoms with Crippen LogP contribution in [0.25, 0.3) is 10.1 Å². The fourth-order valence-electron chi connectivity index (χ4n) is 2.50. The van der Waals surface area contributed by atoms with Crippen LogP contribution in [0.3, 0.4) is 0 Å². The third-order valence-corrected chi connectivity index (χ3v) is 5.73. The Morgan fingerprint density at radius 1 is 1.00 bits per heavy atom. The number of benzene rings is 2. The van der Waals surface area contributed by atoms with E-state index in [1.807, 2.05) is 13.0 Å². The topological polar surface area (TPSA) is 58.2 Å². The molecule has 26 heavy (non-hydrogen) atoms. The molecule has 0 spiro atoms. The van der Waals surface area contributed by atoms with Crippen LogP contribution in [-0.4, -0.2) is 11.8 Å². The largest absolute Gasteiger partial charge is 0.325 e. The SMILES string of the molecule is CC(=O)Nc1ccc(C)cc1NC(=O)c1sc2cc(Cl)cc(Cl)c2c1Cl. The van der Waals surface area contributed by atoms with Crippen molar-refractivity contribution in [1.82, 2.24) is 0 Å². The molecule has 2 N–H and O–H groups in total. The van der Waals surface area contributed by atoms with Crippen LogP contribution in [-0.2, 0) is 4.79 Å². The number of hydrogen-bond donors (Lipinski definition) is 2. The first-order valence-electron chi connectivity index (χ1n) is 7.53. The molecule has 4 nitrogen and oxygen atoms in total. The summed E-state index contributed by atoms with van der Waals surface area (Å²) in [5.74, 6) is -0.619. The third kappa shape index (κ3) is 3.81. The molecule has 3 rings (SSSR count). The van der Waals surface area contributed by atoms with E-state index in [2.05, 4.69) is 10.6 Å². The lowest BCUT2D eigenvalue weighted by Crippen LogP contribution is -2.14. The molecule has 0 bridgehead atoms. The summed E-state index contributed by atoms with van der Waals surface area (Å²) >= 11 is 19.8. The maximum absolute atomic E-state index is 12.8. The summed E-state index contributed by atoms with van der Waals surface area (Å²) in [6, 6.07) is 8.64. The third-order valence-electron chi connectivity index (χ3n) is 3.59. The number of nitrogens with one attached hydrogen (secondary N) is 2. The van der Waals surface area contributed by atoms with E-state index in [1.165, 1.54) is 18.3 Å². The molecular formula is C18H13Cl3N2O2S. The van der Waals surface area contributed by atoms with Crippen molar-refractivity contribution in [2.45, 2.75) is 13.8 Å². The van der Waals surface area contributed by atoms with Gasteiger partial charge < -0.3 is 10.6 Å². The van der Waals surface area contributed by atoms with Crippen LogP contribution in [0.15, 0.2) is 30.3 Å². The summed E-state index contributed by atoms with van der Waals surface area (Å²) in [5.41, 5.74) is 1.93. The highest BCUT2D eigenvalue weighted by molar-refractivity contribution is 7.21. The molecule has 0 fully saturated rings. The van der Waals surface area contributed by atoms with E-state index < -0.39 is 0 Å². The second-order valence-corrected chi connectivity index (χ2v) is 7.96. The second-order valence-electron chi connectivity index (χ2n) is 5.69. The number of carbonyl (C=O) groups excluding carboxylic acids is 2. The number of aryl methyl sites for hydroxylation is 1. The van der Waals surface area contributed by atoms with Crippen LogP contribution in [0, 0.1) is 6.92 Å². The van der Waals surface area contributed by atoms with Gasteiger partial charge in [0.15, 0.2) is 0 Å². The van der Waals surface area contributed by atoms with Crippen molar-refractivity contribution in [1.29, 1.82) is 0 Å². The number of amides is 2. The minimum Gasteiger partial charge on any atom is -0.325 e. The van der Waals surface area contributed by atoms with Crippen LogP contribution < -0.4 is 10.6 Å². The maximum atomic E-state index is 12.8. The van der Waals surface area contributed by atoms with Gasteiger partial charge in [-0.2, -0.15) is 0 Å². The Morgan fingerprint density at radius 3 is 2.42 bits per heavy atom. The van der Waals surface area contributed by atoms with Gasteiger partial charge in [-0.1, -0.05) is 40.9 Å². The molecule has 2 amide bonds. The Hall–Kier alpha value is -1.79. The van der Waals surface area contributed by atoms with E-state index in [4.69, 9.17) is 34.8 Å². The normalized spacial score (nSPS) is 10.8. The van der Waals surface area contributed by atoms with Gasteiger partial charge in [0.25, 0.3) is 5.91 Å². The molecule has 1 aromatic heterocycles. The van der Waals surface area contributed by atoms with Gasteiger partial charge in [-0.15, -0.1) is 11.3 Å². The van der Waals surface area contributed by atoms with Crippen molar-refractivity contribution in [2.24, 2.45) is 0 Å². The Morgan fingerprint density at radius 2 is 1.73 bits per heavy atom. The van der Waals surface area contributed by atoms with Gasteiger partial charge in [-0.05, 0) is 36.8 Å². The molecule has 0 saturated heterocycles. The molecule has 0 aliphatic rings. The van der Waals surface area contributed by atoms with Gasteiger partial charge >= 0.3 is 0 Å². The Bertz CT molecular complexity index is 1050. The van der Waals surface area contributed by atoms with Crippen molar-refractivity contribution >= 4 is 79.4 Å². The molecular weight excluding hydrogens is 415 g/mol. The predicted molar refractivity (Wildman–Crippen MR) is 110 cm³/mol. The van der Waals surface area contributed by atoms with E-state index in [9.17, 15) is 9.59 Å². The zero-order chi connectivity index (χ0) is 19.0. The number of hydrogen-bond acceptors (Lipinski definition) is 3. The lowest BCUT2D eigenvalue weighted by atomic mass is 10.2. The summed E-state index contributed by atoms with van der Waals surface area (Å²) in [6.45, 7) is 3.29. The Kier molecular flexibility index (Phi) is 5.44. The van der Waals surface area contributed by atoms with E-state index in [1.54, 1.807) is 24.3 Å². The average Bonchev–Trinajstić information content (AvgIpc) is 2.86. The number of anilines is 2. The Balaban J connectivity index is 2.00. The zero-order valence-electron chi connectivity index (χ0n) is 13.7. The van der Waals surface area contributed by atoms with Gasteiger partial charge in [0.1, 0.15) is 4.88 Å². The lowest BCUT2D eigenvalue weighted by Gasteiger charge is -2.12. The first-order valence-corrected chi connectivity index (χ1v) is 9.48. The molecule has 0 aliphatic carbocycles. The molecule has 0 radical (unpaired) electrons. The molecule has 0 saturated carbocycles. The molecule has 134 valence electrons. The number of fused-ring (bicyclic) bond motifs is 1. The molecule has 2 aromatic carbocycles. The van der Waals surface area contributed by atoms with E-state index in [0.29, 0.717) is 31.7 Å². The number of halogens is 3. The van der Waals surface area contributed by atoms with E-state index in [-0.39, 0.29) is 16.8 Å². The molecule has 8 heteroatoms. The van der Waals surface area contributed by atoms with E-state index >= 15 is 0 Å². The van der Waals surface area contributed by atoms with Gasteiger partial charge in [-0.25, -0.2) is 0 Å². The van der Waals surface area contributed by atoms with Crippen LogP contribution in [0.1, 0.15) is 22.2 Å².